The van der Waals surface area contributed by atoms with Gasteiger partial charge in [-0.15, -0.1) is 0 Å². The molecule has 1 heterocycles. The molecule has 1 aromatic rings. The molecule has 0 aromatic heterocycles. The third-order valence-electron chi connectivity index (χ3n) is 3.01. The van der Waals surface area contributed by atoms with Crippen molar-refractivity contribution in [1.82, 2.24) is 4.31 Å². The lowest BCUT2D eigenvalue weighted by Crippen LogP contribution is -2.48. The van der Waals surface area contributed by atoms with Gasteiger partial charge in [-0.05, 0) is 24.6 Å². The van der Waals surface area contributed by atoms with Crippen molar-refractivity contribution < 1.29 is 27.4 Å². The number of carbonyl (C=O) groups is 1. The Morgan fingerprint density at radius 2 is 2.20 bits per heavy atom. The topological polar surface area (TPSA) is 83.9 Å². The number of benzene rings is 1. The number of hydrogen-bond acceptors (Lipinski definition) is 4. The second-order valence-electron chi connectivity index (χ2n) is 4.49. The molecule has 1 saturated heterocycles. The van der Waals surface area contributed by atoms with Gasteiger partial charge in [0.15, 0.2) is 6.10 Å². The Labute approximate surface area is 115 Å². The van der Waals surface area contributed by atoms with Crippen LogP contribution in [0.3, 0.4) is 0 Å². The fraction of sp³-hybridized carbons (Fsp3) is 0.417. The van der Waals surface area contributed by atoms with Crippen molar-refractivity contribution in [2.75, 3.05) is 19.7 Å². The van der Waals surface area contributed by atoms with E-state index in [1.807, 2.05) is 0 Å². The highest BCUT2D eigenvalue weighted by Crippen LogP contribution is 2.22. The van der Waals surface area contributed by atoms with E-state index >= 15 is 0 Å². The molecule has 6 nitrogen and oxygen atoms in total. The maximum absolute atomic E-state index is 13.7. The predicted octanol–water partition coefficient (Wildman–Crippen LogP) is 0.608. The van der Waals surface area contributed by atoms with E-state index in [0.717, 1.165) is 10.4 Å². The van der Waals surface area contributed by atoms with E-state index in [0.29, 0.717) is 5.56 Å². The van der Waals surface area contributed by atoms with Crippen LogP contribution in [-0.2, 0) is 19.6 Å². The fourth-order valence-electron chi connectivity index (χ4n) is 1.94. The Balaban J connectivity index is 2.35. The van der Waals surface area contributed by atoms with Crippen LogP contribution in [0.25, 0.3) is 0 Å². The molecule has 1 N–H and O–H groups in total. The van der Waals surface area contributed by atoms with Gasteiger partial charge in [0, 0.05) is 6.54 Å². The monoisotopic (exact) mass is 303 g/mol. The molecule has 8 heteroatoms. The van der Waals surface area contributed by atoms with Gasteiger partial charge in [-0.25, -0.2) is 17.6 Å². The summed E-state index contributed by atoms with van der Waals surface area (Å²) < 4.78 is 44.3. The van der Waals surface area contributed by atoms with Gasteiger partial charge in [0.1, 0.15) is 10.7 Å². The first-order chi connectivity index (χ1) is 9.32. The molecule has 0 amide bonds. The van der Waals surface area contributed by atoms with E-state index in [-0.39, 0.29) is 19.7 Å². The highest BCUT2D eigenvalue weighted by atomic mass is 32.2. The summed E-state index contributed by atoms with van der Waals surface area (Å²) in [5.41, 5.74) is 0.605. The van der Waals surface area contributed by atoms with Crippen molar-refractivity contribution >= 4 is 16.0 Å². The lowest BCUT2D eigenvalue weighted by molar-refractivity contribution is -0.153. The number of hydrogen-bond donors (Lipinski definition) is 1. The average Bonchev–Trinajstić information content (AvgIpc) is 2.41. The molecule has 110 valence electrons. The van der Waals surface area contributed by atoms with E-state index in [1.165, 1.54) is 12.1 Å². The van der Waals surface area contributed by atoms with Gasteiger partial charge >= 0.3 is 5.97 Å². The van der Waals surface area contributed by atoms with Gasteiger partial charge in [-0.2, -0.15) is 4.31 Å². The fourth-order valence-corrected chi connectivity index (χ4v) is 3.51. The van der Waals surface area contributed by atoms with Gasteiger partial charge in [0.05, 0.1) is 13.2 Å². The van der Waals surface area contributed by atoms with Gasteiger partial charge in [0.25, 0.3) is 0 Å². The summed E-state index contributed by atoms with van der Waals surface area (Å²) >= 11 is 0. The summed E-state index contributed by atoms with van der Waals surface area (Å²) in [5, 5.41) is 8.87. The molecule has 0 radical (unpaired) electrons. The number of carboxylic acid groups (broad SMARTS) is 1. The van der Waals surface area contributed by atoms with Crippen LogP contribution in [0.2, 0.25) is 0 Å². The molecule has 1 aliphatic rings. The highest BCUT2D eigenvalue weighted by Gasteiger charge is 2.35. The smallest absolute Gasteiger partial charge is 0.334 e. The first kappa shape index (κ1) is 14.9. The summed E-state index contributed by atoms with van der Waals surface area (Å²) in [7, 11) is -4.07. The molecule has 0 bridgehead atoms. The minimum atomic E-state index is -4.07. The SMILES string of the molecule is Cc1ccc(F)c(S(=O)(=O)N2CCOC(C(=O)O)C2)c1. The second kappa shape index (κ2) is 5.47. The summed E-state index contributed by atoms with van der Waals surface area (Å²) in [5.74, 6) is -2.09. The molecule has 1 fully saturated rings. The minimum absolute atomic E-state index is 0.000501. The molecule has 1 aromatic carbocycles. The van der Waals surface area contributed by atoms with Crippen LogP contribution in [0.4, 0.5) is 4.39 Å². The second-order valence-corrected chi connectivity index (χ2v) is 6.40. The van der Waals surface area contributed by atoms with Crippen molar-refractivity contribution in [3.8, 4) is 0 Å². The standard InChI is InChI=1S/C12H14FNO5S/c1-8-2-3-9(13)11(6-8)20(17,18)14-4-5-19-10(7-14)12(15)16/h2-3,6,10H,4-5,7H2,1H3,(H,15,16). The zero-order valence-electron chi connectivity index (χ0n) is 10.7. The lowest BCUT2D eigenvalue weighted by Gasteiger charge is -2.30. The van der Waals surface area contributed by atoms with Crippen LogP contribution in [0.1, 0.15) is 5.56 Å². The molecular formula is C12H14FNO5S. The Bertz CT molecular complexity index is 631. The third-order valence-corrected chi connectivity index (χ3v) is 4.89. The molecule has 0 spiro atoms. The van der Waals surface area contributed by atoms with Crippen LogP contribution in [-0.4, -0.2) is 49.6 Å². The number of aryl methyl sites for hydroxylation is 1. The van der Waals surface area contributed by atoms with Crippen molar-refractivity contribution in [1.29, 1.82) is 0 Å². The van der Waals surface area contributed by atoms with E-state index in [9.17, 15) is 17.6 Å². The van der Waals surface area contributed by atoms with Gasteiger partial charge < -0.3 is 9.84 Å². The molecule has 1 atom stereocenters. The summed E-state index contributed by atoms with van der Waals surface area (Å²) in [6, 6.07) is 3.78. The quantitative estimate of drug-likeness (QED) is 0.884. The maximum atomic E-state index is 13.7. The molecule has 1 aliphatic heterocycles. The van der Waals surface area contributed by atoms with Crippen LogP contribution < -0.4 is 0 Å². The van der Waals surface area contributed by atoms with Gasteiger partial charge in [0.2, 0.25) is 10.0 Å². The number of rotatable bonds is 3. The Morgan fingerprint density at radius 1 is 1.50 bits per heavy atom. The Morgan fingerprint density at radius 3 is 2.85 bits per heavy atom. The maximum Gasteiger partial charge on any atom is 0.334 e. The predicted molar refractivity (Wildman–Crippen MR) is 67.3 cm³/mol. The number of halogens is 1. The lowest BCUT2D eigenvalue weighted by atomic mass is 10.2. The zero-order chi connectivity index (χ0) is 14.9. The third kappa shape index (κ3) is 2.82. The first-order valence-electron chi connectivity index (χ1n) is 5.93. The van der Waals surface area contributed by atoms with Crippen LogP contribution >= 0.6 is 0 Å². The number of nitrogens with zero attached hydrogens (tertiary/aromatic N) is 1. The number of carboxylic acids is 1. The normalized spacial score (nSPS) is 20.8. The van der Waals surface area contributed by atoms with E-state index in [1.54, 1.807) is 6.92 Å². The van der Waals surface area contributed by atoms with Gasteiger partial charge in [-0.1, -0.05) is 6.07 Å². The summed E-state index contributed by atoms with van der Waals surface area (Å²) in [6.45, 7) is 1.28. The Kier molecular flexibility index (Phi) is 4.07. The van der Waals surface area contributed by atoms with Crippen LogP contribution in [0.5, 0.6) is 0 Å². The molecular weight excluding hydrogens is 289 g/mol. The molecule has 1 unspecified atom stereocenters. The Hall–Kier alpha value is -1.51. The first-order valence-corrected chi connectivity index (χ1v) is 7.37. The van der Waals surface area contributed by atoms with E-state index in [2.05, 4.69) is 0 Å². The molecule has 0 saturated carbocycles. The number of aliphatic carboxylic acids is 1. The average molecular weight is 303 g/mol. The number of morpholine rings is 1. The van der Waals surface area contributed by atoms with Crippen molar-refractivity contribution in [2.24, 2.45) is 0 Å². The zero-order valence-corrected chi connectivity index (χ0v) is 11.6. The summed E-state index contributed by atoms with van der Waals surface area (Å²) in [6.07, 6.45) is -1.23. The number of ether oxygens (including phenoxy) is 1. The van der Waals surface area contributed by atoms with E-state index in [4.69, 9.17) is 9.84 Å². The van der Waals surface area contributed by atoms with Crippen molar-refractivity contribution in [2.45, 2.75) is 17.9 Å². The van der Waals surface area contributed by atoms with Crippen molar-refractivity contribution in [3.63, 3.8) is 0 Å². The van der Waals surface area contributed by atoms with Crippen molar-refractivity contribution in [3.05, 3.63) is 29.6 Å². The van der Waals surface area contributed by atoms with E-state index < -0.39 is 32.8 Å². The minimum Gasteiger partial charge on any atom is -0.479 e. The van der Waals surface area contributed by atoms with Crippen LogP contribution in [0.15, 0.2) is 23.1 Å². The molecule has 0 aliphatic carbocycles. The number of sulfonamides is 1. The van der Waals surface area contributed by atoms with Gasteiger partial charge in [-0.3, -0.25) is 0 Å². The molecule has 2 rings (SSSR count). The highest BCUT2D eigenvalue weighted by molar-refractivity contribution is 7.89. The summed E-state index contributed by atoms with van der Waals surface area (Å²) in [4.78, 5) is 10.4. The molecule has 20 heavy (non-hydrogen) atoms. The van der Waals surface area contributed by atoms with Crippen LogP contribution in [0, 0.1) is 12.7 Å². The largest absolute Gasteiger partial charge is 0.479 e.